The quantitative estimate of drug-likeness (QED) is 0.846. The lowest BCUT2D eigenvalue weighted by Crippen LogP contribution is -2.56. The Balaban J connectivity index is 0.00000180. The zero-order valence-electron chi connectivity index (χ0n) is 12.1. The van der Waals surface area contributed by atoms with Gasteiger partial charge in [-0.3, -0.25) is 4.79 Å². The van der Waals surface area contributed by atoms with E-state index in [9.17, 15) is 4.79 Å². The number of carbonyl (C=O) groups excluding carboxylic acids is 1. The van der Waals surface area contributed by atoms with E-state index in [1.165, 1.54) is 0 Å². The molecular weight excluding hydrogens is 264 g/mol. The van der Waals surface area contributed by atoms with Crippen molar-refractivity contribution in [2.45, 2.75) is 57.6 Å². The molecule has 3 unspecified atom stereocenters. The van der Waals surface area contributed by atoms with Gasteiger partial charge in [0.15, 0.2) is 0 Å². The summed E-state index contributed by atoms with van der Waals surface area (Å²) >= 11 is 0. The van der Waals surface area contributed by atoms with Crippen LogP contribution in [0.4, 0.5) is 0 Å². The molecule has 5 heteroatoms. The van der Waals surface area contributed by atoms with Crippen molar-refractivity contribution in [2.75, 3.05) is 19.7 Å². The summed E-state index contributed by atoms with van der Waals surface area (Å²) < 4.78 is 5.62. The zero-order valence-corrected chi connectivity index (χ0v) is 12.9. The molecule has 2 N–H and O–H groups in total. The Morgan fingerprint density at radius 2 is 2.21 bits per heavy atom. The third kappa shape index (κ3) is 3.83. The minimum absolute atomic E-state index is 0. The number of rotatable bonds is 2. The Morgan fingerprint density at radius 3 is 2.84 bits per heavy atom. The molecule has 0 aromatic rings. The van der Waals surface area contributed by atoms with Crippen LogP contribution in [0.1, 0.15) is 46.0 Å². The van der Waals surface area contributed by atoms with Gasteiger partial charge in [-0.2, -0.15) is 0 Å². The molecule has 19 heavy (non-hydrogen) atoms. The highest BCUT2D eigenvalue weighted by Gasteiger charge is 2.40. The van der Waals surface area contributed by atoms with E-state index in [1.54, 1.807) is 0 Å². The number of carbonyl (C=O) groups is 1. The van der Waals surface area contributed by atoms with Crippen molar-refractivity contribution in [2.24, 2.45) is 11.7 Å². The fourth-order valence-corrected chi connectivity index (χ4v) is 3.15. The highest BCUT2D eigenvalue weighted by molar-refractivity contribution is 5.85. The van der Waals surface area contributed by atoms with Crippen molar-refractivity contribution in [3.63, 3.8) is 0 Å². The lowest BCUT2D eigenvalue weighted by Gasteiger charge is -2.42. The van der Waals surface area contributed by atoms with Crippen molar-refractivity contribution in [1.82, 2.24) is 4.90 Å². The SMILES string of the molecule is CCC1CN(C(=O)C2CCCCC2(C)N)CCO1.Cl. The Hall–Kier alpha value is -0.320. The average Bonchev–Trinajstić information content (AvgIpc) is 2.37. The Morgan fingerprint density at radius 1 is 1.47 bits per heavy atom. The van der Waals surface area contributed by atoms with E-state index in [0.717, 1.165) is 45.2 Å². The van der Waals surface area contributed by atoms with Crippen molar-refractivity contribution < 1.29 is 9.53 Å². The number of nitrogens with zero attached hydrogens (tertiary/aromatic N) is 1. The second-order valence-corrected chi connectivity index (χ2v) is 5.99. The summed E-state index contributed by atoms with van der Waals surface area (Å²) in [6.45, 7) is 6.26. The molecule has 112 valence electrons. The van der Waals surface area contributed by atoms with Gasteiger partial charge in [-0.1, -0.05) is 19.8 Å². The fraction of sp³-hybridized carbons (Fsp3) is 0.929. The second kappa shape index (κ2) is 6.91. The molecular formula is C14H27ClN2O2. The molecule has 1 saturated heterocycles. The molecule has 3 atom stereocenters. The molecule has 2 rings (SSSR count). The van der Waals surface area contributed by atoms with Crippen molar-refractivity contribution in [3.05, 3.63) is 0 Å². The monoisotopic (exact) mass is 290 g/mol. The van der Waals surface area contributed by atoms with Crippen molar-refractivity contribution >= 4 is 18.3 Å². The van der Waals surface area contributed by atoms with Crippen LogP contribution in [0.5, 0.6) is 0 Å². The Kier molecular flexibility index (Phi) is 6.09. The first-order valence-corrected chi connectivity index (χ1v) is 7.24. The maximum absolute atomic E-state index is 12.6. The summed E-state index contributed by atoms with van der Waals surface area (Å²) in [5.41, 5.74) is 5.99. The first-order valence-electron chi connectivity index (χ1n) is 7.24. The van der Waals surface area contributed by atoms with Gasteiger partial charge in [0.25, 0.3) is 0 Å². The smallest absolute Gasteiger partial charge is 0.227 e. The third-order valence-electron chi connectivity index (χ3n) is 4.46. The Labute approximate surface area is 122 Å². The van der Waals surface area contributed by atoms with E-state index < -0.39 is 0 Å². The first kappa shape index (κ1) is 16.7. The predicted molar refractivity (Wildman–Crippen MR) is 78.4 cm³/mol. The van der Waals surface area contributed by atoms with Gasteiger partial charge in [-0.15, -0.1) is 12.4 Å². The Bertz CT molecular complexity index is 310. The van der Waals surface area contributed by atoms with E-state index in [4.69, 9.17) is 10.5 Å². The van der Waals surface area contributed by atoms with Gasteiger partial charge in [0.2, 0.25) is 5.91 Å². The van der Waals surface area contributed by atoms with E-state index in [1.807, 2.05) is 11.8 Å². The van der Waals surface area contributed by atoms with Gasteiger partial charge in [0, 0.05) is 18.6 Å². The fourth-order valence-electron chi connectivity index (χ4n) is 3.15. The number of hydrogen-bond donors (Lipinski definition) is 1. The molecule has 1 aliphatic carbocycles. The van der Waals surface area contributed by atoms with Gasteiger partial charge in [-0.05, 0) is 26.2 Å². The van der Waals surface area contributed by atoms with Gasteiger partial charge in [0.1, 0.15) is 0 Å². The number of nitrogens with two attached hydrogens (primary N) is 1. The lowest BCUT2D eigenvalue weighted by atomic mass is 9.74. The highest BCUT2D eigenvalue weighted by Crippen LogP contribution is 2.33. The standard InChI is InChI=1S/C14H26N2O2.ClH/c1-3-11-10-16(8-9-18-11)13(17)12-6-4-5-7-14(12,2)15;/h11-12H,3-10,15H2,1-2H3;1H. The van der Waals surface area contributed by atoms with Crippen LogP contribution in [0, 0.1) is 5.92 Å². The van der Waals surface area contributed by atoms with Crippen LogP contribution < -0.4 is 5.73 Å². The maximum atomic E-state index is 12.6. The topological polar surface area (TPSA) is 55.6 Å². The van der Waals surface area contributed by atoms with Crippen LogP contribution in [0.2, 0.25) is 0 Å². The van der Waals surface area contributed by atoms with Crippen LogP contribution in [-0.4, -0.2) is 42.1 Å². The predicted octanol–water partition coefficient (Wildman–Crippen LogP) is 1.95. The van der Waals surface area contributed by atoms with Crippen LogP contribution in [0.15, 0.2) is 0 Å². The van der Waals surface area contributed by atoms with Gasteiger partial charge in [0.05, 0.1) is 18.6 Å². The molecule has 2 aliphatic rings. The highest BCUT2D eigenvalue weighted by atomic mass is 35.5. The maximum Gasteiger partial charge on any atom is 0.227 e. The summed E-state index contributed by atoms with van der Waals surface area (Å²) in [5, 5.41) is 0. The van der Waals surface area contributed by atoms with Crippen LogP contribution in [-0.2, 0) is 9.53 Å². The van der Waals surface area contributed by atoms with Crippen LogP contribution in [0.3, 0.4) is 0 Å². The molecule has 0 aromatic heterocycles. The number of ether oxygens (including phenoxy) is 1. The van der Waals surface area contributed by atoms with E-state index >= 15 is 0 Å². The molecule has 1 saturated carbocycles. The second-order valence-electron chi connectivity index (χ2n) is 5.99. The zero-order chi connectivity index (χ0) is 13.2. The third-order valence-corrected chi connectivity index (χ3v) is 4.46. The number of halogens is 1. The molecule has 1 heterocycles. The molecule has 2 fully saturated rings. The van der Waals surface area contributed by atoms with Gasteiger partial charge in [-0.25, -0.2) is 0 Å². The van der Waals surface area contributed by atoms with E-state index in [-0.39, 0.29) is 35.9 Å². The number of amides is 1. The minimum atomic E-state index is -0.324. The first-order chi connectivity index (χ1) is 8.54. The van der Waals surface area contributed by atoms with Gasteiger partial charge < -0.3 is 15.4 Å². The summed E-state index contributed by atoms with van der Waals surface area (Å²) in [5.74, 6) is 0.253. The van der Waals surface area contributed by atoms with Crippen molar-refractivity contribution in [1.29, 1.82) is 0 Å². The lowest BCUT2D eigenvalue weighted by molar-refractivity contribution is -0.146. The van der Waals surface area contributed by atoms with Crippen molar-refractivity contribution in [3.8, 4) is 0 Å². The molecule has 4 nitrogen and oxygen atoms in total. The molecule has 0 aromatic carbocycles. The molecule has 1 amide bonds. The van der Waals surface area contributed by atoms with Gasteiger partial charge >= 0.3 is 0 Å². The summed E-state index contributed by atoms with van der Waals surface area (Å²) in [6.07, 6.45) is 5.36. The molecule has 0 radical (unpaired) electrons. The summed E-state index contributed by atoms with van der Waals surface area (Å²) in [7, 11) is 0. The van der Waals surface area contributed by atoms with Crippen LogP contribution >= 0.6 is 12.4 Å². The average molecular weight is 291 g/mol. The molecule has 0 spiro atoms. The van der Waals surface area contributed by atoms with E-state index in [0.29, 0.717) is 6.61 Å². The number of hydrogen-bond acceptors (Lipinski definition) is 3. The largest absolute Gasteiger partial charge is 0.375 e. The summed E-state index contributed by atoms with van der Waals surface area (Å²) in [4.78, 5) is 14.6. The molecule has 0 bridgehead atoms. The number of morpholine rings is 1. The normalized spacial score (nSPS) is 35.6. The minimum Gasteiger partial charge on any atom is -0.375 e. The van der Waals surface area contributed by atoms with Crippen LogP contribution in [0.25, 0.3) is 0 Å². The molecule has 1 aliphatic heterocycles. The van der Waals surface area contributed by atoms with E-state index in [2.05, 4.69) is 6.92 Å². The summed E-state index contributed by atoms with van der Waals surface area (Å²) in [6, 6.07) is 0.